The topological polar surface area (TPSA) is 76.1 Å². The molecule has 1 aliphatic rings. The van der Waals surface area contributed by atoms with Gasteiger partial charge in [-0.25, -0.2) is 0 Å². The van der Waals surface area contributed by atoms with Gasteiger partial charge in [-0.15, -0.1) is 0 Å². The summed E-state index contributed by atoms with van der Waals surface area (Å²) >= 11 is 0. The van der Waals surface area contributed by atoms with Crippen LogP contribution in [-0.4, -0.2) is 54.8 Å². The van der Waals surface area contributed by atoms with Gasteiger partial charge >= 0.3 is 5.97 Å². The molecule has 6 heteroatoms. The zero-order valence-corrected chi connectivity index (χ0v) is 11.1. The molecule has 1 fully saturated rings. The van der Waals surface area contributed by atoms with Crippen molar-refractivity contribution in [3.8, 4) is 5.75 Å². The van der Waals surface area contributed by atoms with E-state index in [0.717, 1.165) is 0 Å². The highest BCUT2D eigenvalue weighted by Gasteiger charge is 2.17. The molecule has 1 saturated heterocycles. The Morgan fingerprint density at radius 3 is 2.65 bits per heavy atom. The van der Waals surface area contributed by atoms with Crippen molar-refractivity contribution in [3.05, 3.63) is 29.8 Å². The van der Waals surface area contributed by atoms with E-state index in [1.807, 2.05) is 0 Å². The molecule has 1 aromatic carbocycles. The SMILES string of the molecule is O=C(O)Cc1ccccc1OCC(=O)N1CCOCC1. The zero-order valence-electron chi connectivity index (χ0n) is 11.1. The summed E-state index contributed by atoms with van der Waals surface area (Å²) in [6.45, 7) is 2.14. The van der Waals surface area contributed by atoms with Crippen molar-refractivity contribution in [2.24, 2.45) is 0 Å². The molecule has 6 nitrogen and oxygen atoms in total. The Morgan fingerprint density at radius 2 is 1.95 bits per heavy atom. The minimum atomic E-state index is -0.930. The maximum absolute atomic E-state index is 11.9. The van der Waals surface area contributed by atoms with Gasteiger partial charge in [0.2, 0.25) is 0 Å². The number of hydrogen-bond donors (Lipinski definition) is 1. The van der Waals surface area contributed by atoms with Gasteiger partial charge in [0.05, 0.1) is 19.6 Å². The highest BCUT2D eigenvalue weighted by atomic mass is 16.5. The standard InChI is InChI=1S/C14H17NO5/c16-13(15-5-7-19-8-6-15)10-20-12-4-2-1-3-11(12)9-14(17)18/h1-4H,5-10H2,(H,17,18). The molecule has 0 bridgehead atoms. The number of carbonyl (C=O) groups excluding carboxylic acids is 1. The van der Waals surface area contributed by atoms with Crippen molar-refractivity contribution in [1.29, 1.82) is 0 Å². The molecular weight excluding hydrogens is 262 g/mol. The van der Waals surface area contributed by atoms with E-state index in [-0.39, 0.29) is 18.9 Å². The van der Waals surface area contributed by atoms with Crippen molar-refractivity contribution in [3.63, 3.8) is 0 Å². The lowest BCUT2D eigenvalue weighted by molar-refractivity contribution is -0.137. The molecule has 1 amide bonds. The Bertz CT molecular complexity index is 482. The molecule has 0 saturated carbocycles. The van der Waals surface area contributed by atoms with Crippen LogP contribution < -0.4 is 4.74 Å². The molecule has 1 aliphatic heterocycles. The van der Waals surface area contributed by atoms with Gasteiger partial charge in [0.1, 0.15) is 5.75 Å². The molecule has 1 heterocycles. The largest absolute Gasteiger partial charge is 0.483 e. The van der Waals surface area contributed by atoms with Gasteiger partial charge in [-0.05, 0) is 6.07 Å². The second kappa shape index (κ2) is 6.91. The lowest BCUT2D eigenvalue weighted by atomic mass is 10.1. The van der Waals surface area contributed by atoms with Crippen molar-refractivity contribution >= 4 is 11.9 Å². The van der Waals surface area contributed by atoms with Gasteiger partial charge in [0.25, 0.3) is 5.91 Å². The quantitative estimate of drug-likeness (QED) is 0.852. The summed E-state index contributed by atoms with van der Waals surface area (Å²) in [5, 5.41) is 8.83. The van der Waals surface area contributed by atoms with E-state index in [0.29, 0.717) is 37.6 Å². The zero-order chi connectivity index (χ0) is 14.4. The number of carbonyl (C=O) groups is 2. The predicted molar refractivity (Wildman–Crippen MR) is 70.7 cm³/mol. The van der Waals surface area contributed by atoms with Crippen LogP contribution in [0, 0.1) is 0 Å². The first-order chi connectivity index (χ1) is 9.66. The summed E-state index contributed by atoms with van der Waals surface area (Å²) in [6, 6.07) is 6.85. The molecule has 1 aromatic rings. The number of para-hydroxylation sites is 1. The van der Waals surface area contributed by atoms with Crippen LogP contribution in [0.15, 0.2) is 24.3 Å². The number of morpholine rings is 1. The number of aliphatic carboxylic acids is 1. The van der Waals surface area contributed by atoms with Gasteiger partial charge in [0, 0.05) is 18.7 Å². The summed E-state index contributed by atoms with van der Waals surface area (Å²) in [4.78, 5) is 24.4. The number of rotatable bonds is 5. The van der Waals surface area contributed by atoms with E-state index >= 15 is 0 Å². The minimum absolute atomic E-state index is 0.0867. The highest BCUT2D eigenvalue weighted by Crippen LogP contribution is 2.18. The number of nitrogens with zero attached hydrogens (tertiary/aromatic N) is 1. The maximum atomic E-state index is 11.9. The second-order valence-corrected chi connectivity index (χ2v) is 4.46. The van der Waals surface area contributed by atoms with Crippen LogP contribution in [0.2, 0.25) is 0 Å². The number of carboxylic acid groups (broad SMARTS) is 1. The number of ether oxygens (including phenoxy) is 2. The third-order valence-electron chi connectivity index (χ3n) is 3.03. The van der Waals surface area contributed by atoms with E-state index in [4.69, 9.17) is 14.6 Å². The molecule has 0 atom stereocenters. The van der Waals surface area contributed by atoms with Gasteiger partial charge in [-0.1, -0.05) is 18.2 Å². The van der Waals surface area contributed by atoms with E-state index in [9.17, 15) is 9.59 Å². The fraction of sp³-hybridized carbons (Fsp3) is 0.429. The number of hydrogen-bond acceptors (Lipinski definition) is 4. The smallest absolute Gasteiger partial charge is 0.307 e. The normalized spacial score (nSPS) is 14.9. The molecule has 0 radical (unpaired) electrons. The first-order valence-corrected chi connectivity index (χ1v) is 6.45. The summed E-state index contributed by atoms with van der Waals surface area (Å²) in [7, 11) is 0. The van der Waals surface area contributed by atoms with Crippen LogP contribution >= 0.6 is 0 Å². The maximum Gasteiger partial charge on any atom is 0.307 e. The second-order valence-electron chi connectivity index (χ2n) is 4.46. The average molecular weight is 279 g/mol. The van der Waals surface area contributed by atoms with Gasteiger partial charge < -0.3 is 19.5 Å². The molecule has 0 unspecified atom stereocenters. The number of carboxylic acids is 1. The summed E-state index contributed by atoms with van der Waals surface area (Å²) in [5.74, 6) is -0.601. The lowest BCUT2D eigenvalue weighted by Gasteiger charge is -2.26. The molecular formula is C14H17NO5. The Morgan fingerprint density at radius 1 is 1.25 bits per heavy atom. The van der Waals surface area contributed by atoms with Crippen LogP contribution in [0.4, 0.5) is 0 Å². The minimum Gasteiger partial charge on any atom is -0.483 e. The third kappa shape index (κ3) is 3.96. The monoisotopic (exact) mass is 279 g/mol. The van der Waals surface area contributed by atoms with Crippen LogP contribution in [0.1, 0.15) is 5.56 Å². The fourth-order valence-electron chi connectivity index (χ4n) is 2.00. The predicted octanol–water partition coefficient (Wildman–Crippen LogP) is 0.551. The van der Waals surface area contributed by atoms with Crippen LogP contribution in [0.3, 0.4) is 0 Å². The van der Waals surface area contributed by atoms with Crippen LogP contribution in [0.5, 0.6) is 5.75 Å². The van der Waals surface area contributed by atoms with E-state index < -0.39 is 5.97 Å². The molecule has 108 valence electrons. The lowest BCUT2D eigenvalue weighted by Crippen LogP contribution is -2.43. The molecule has 2 rings (SSSR count). The number of benzene rings is 1. The Hall–Kier alpha value is -2.08. The van der Waals surface area contributed by atoms with Crippen LogP contribution in [0.25, 0.3) is 0 Å². The van der Waals surface area contributed by atoms with E-state index in [1.54, 1.807) is 29.2 Å². The van der Waals surface area contributed by atoms with E-state index in [1.165, 1.54) is 0 Å². The van der Waals surface area contributed by atoms with Gasteiger partial charge in [0.15, 0.2) is 6.61 Å². The summed E-state index contributed by atoms with van der Waals surface area (Å²) < 4.78 is 10.6. The molecule has 0 aliphatic carbocycles. The van der Waals surface area contributed by atoms with Crippen molar-refractivity contribution in [1.82, 2.24) is 4.90 Å². The molecule has 0 aromatic heterocycles. The highest BCUT2D eigenvalue weighted by molar-refractivity contribution is 5.78. The molecule has 20 heavy (non-hydrogen) atoms. The summed E-state index contributed by atoms with van der Waals surface area (Å²) in [5.41, 5.74) is 0.565. The Labute approximate surface area is 116 Å². The third-order valence-corrected chi connectivity index (χ3v) is 3.03. The van der Waals surface area contributed by atoms with Crippen molar-refractivity contribution < 1.29 is 24.2 Å². The van der Waals surface area contributed by atoms with E-state index in [2.05, 4.69) is 0 Å². The van der Waals surface area contributed by atoms with Gasteiger partial charge in [-0.2, -0.15) is 0 Å². The first-order valence-electron chi connectivity index (χ1n) is 6.45. The first kappa shape index (κ1) is 14.3. The van der Waals surface area contributed by atoms with Crippen molar-refractivity contribution in [2.45, 2.75) is 6.42 Å². The molecule has 1 N–H and O–H groups in total. The van der Waals surface area contributed by atoms with Gasteiger partial charge in [-0.3, -0.25) is 9.59 Å². The number of amides is 1. The molecule has 0 spiro atoms. The fourth-order valence-corrected chi connectivity index (χ4v) is 2.00. The summed E-state index contributed by atoms with van der Waals surface area (Å²) in [6.07, 6.45) is -0.123. The Kier molecular flexibility index (Phi) is 4.95. The van der Waals surface area contributed by atoms with Crippen molar-refractivity contribution in [2.75, 3.05) is 32.9 Å². The Balaban J connectivity index is 1.92. The van der Waals surface area contributed by atoms with Crippen LogP contribution in [-0.2, 0) is 20.7 Å². The average Bonchev–Trinajstić information content (AvgIpc) is 2.46.